The van der Waals surface area contributed by atoms with Crippen molar-refractivity contribution < 1.29 is 9.13 Å². The van der Waals surface area contributed by atoms with E-state index in [0.717, 1.165) is 11.3 Å². The smallest absolute Gasteiger partial charge is 0.209 e. The normalized spacial score (nSPS) is 10.8. The van der Waals surface area contributed by atoms with E-state index in [1.165, 1.54) is 22.7 Å². The van der Waals surface area contributed by atoms with Gasteiger partial charge in [0.05, 0.1) is 6.61 Å². The van der Waals surface area contributed by atoms with Crippen LogP contribution in [0.4, 0.5) is 10.2 Å². The minimum absolute atomic E-state index is 0.0775. The molecule has 0 unspecified atom stereocenters. The zero-order chi connectivity index (χ0) is 14.8. The lowest BCUT2D eigenvalue weighted by atomic mass is 10.1. The molecule has 0 aliphatic rings. The molecule has 0 spiro atoms. The van der Waals surface area contributed by atoms with Gasteiger partial charge in [0.25, 0.3) is 0 Å². The molecule has 0 aliphatic carbocycles. The number of ether oxygens (including phenoxy) is 1. The molecule has 0 bridgehead atoms. The third-order valence-electron chi connectivity index (χ3n) is 3.08. The van der Waals surface area contributed by atoms with Gasteiger partial charge in [0.2, 0.25) is 5.82 Å². The predicted molar refractivity (Wildman–Crippen MR) is 77.2 cm³/mol. The number of rotatable bonds is 4. The number of imidazole rings is 1. The molecule has 5 nitrogen and oxygen atoms in total. The molecule has 6 heteroatoms. The largest absolute Gasteiger partial charge is 0.494 e. The van der Waals surface area contributed by atoms with E-state index in [9.17, 15) is 9.30 Å². The summed E-state index contributed by atoms with van der Waals surface area (Å²) in [5.74, 6) is 0.355. The Bertz CT molecular complexity index is 797. The Morgan fingerprint density at radius 2 is 2.00 bits per heavy atom. The summed E-state index contributed by atoms with van der Waals surface area (Å²) >= 11 is 0. The fourth-order valence-electron chi connectivity index (χ4n) is 2.16. The first-order chi connectivity index (χ1) is 10.2. The molecule has 1 aromatic carbocycles. The van der Waals surface area contributed by atoms with Gasteiger partial charge in [-0.05, 0) is 48.5 Å². The van der Waals surface area contributed by atoms with Gasteiger partial charge < -0.3 is 4.74 Å². The number of halogens is 1. The van der Waals surface area contributed by atoms with E-state index in [-0.39, 0.29) is 5.82 Å². The minimum Gasteiger partial charge on any atom is -0.494 e. The maximum Gasteiger partial charge on any atom is 0.209 e. The number of fused-ring (bicyclic) bond motifs is 1. The van der Waals surface area contributed by atoms with Crippen LogP contribution in [0.15, 0.2) is 47.8 Å². The summed E-state index contributed by atoms with van der Waals surface area (Å²) in [5.41, 5.74) is 1.60. The highest BCUT2D eigenvalue weighted by Gasteiger charge is 2.15. The molecule has 2 heterocycles. The maximum absolute atomic E-state index is 13.3. The lowest BCUT2D eigenvalue weighted by Crippen LogP contribution is -1.90. The fourth-order valence-corrected chi connectivity index (χ4v) is 2.16. The zero-order valence-electron chi connectivity index (χ0n) is 11.3. The molecule has 0 saturated heterocycles. The monoisotopic (exact) mass is 285 g/mol. The van der Waals surface area contributed by atoms with Crippen LogP contribution in [-0.2, 0) is 0 Å². The highest BCUT2D eigenvalue weighted by atomic mass is 19.1. The van der Waals surface area contributed by atoms with E-state index in [0.29, 0.717) is 17.9 Å². The number of hydrogen-bond acceptors (Lipinski definition) is 4. The topological polar surface area (TPSA) is 56.0 Å². The van der Waals surface area contributed by atoms with Gasteiger partial charge in [0.15, 0.2) is 0 Å². The van der Waals surface area contributed by atoms with Crippen LogP contribution >= 0.6 is 0 Å². The van der Waals surface area contributed by atoms with Crippen molar-refractivity contribution in [2.24, 2.45) is 5.18 Å². The quantitative estimate of drug-likeness (QED) is 0.682. The van der Waals surface area contributed by atoms with Crippen molar-refractivity contribution in [3.05, 3.63) is 53.3 Å². The molecule has 106 valence electrons. The molecule has 0 amide bonds. The Balaban J connectivity index is 2.13. The minimum atomic E-state index is -0.456. The number of nitroso groups, excluding NO2 is 1. The van der Waals surface area contributed by atoms with Crippen LogP contribution in [-0.4, -0.2) is 16.0 Å². The van der Waals surface area contributed by atoms with Crippen molar-refractivity contribution >= 4 is 11.5 Å². The number of aromatic nitrogens is 2. The first-order valence-electron chi connectivity index (χ1n) is 6.47. The predicted octanol–water partition coefficient (Wildman–Crippen LogP) is 3.94. The van der Waals surface area contributed by atoms with Crippen molar-refractivity contribution in [3.8, 4) is 17.0 Å². The Morgan fingerprint density at radius 1 is 1.24 bits per heavy atom. The zero-order valence-corrected chi connectivity index (χ0v) is 11.3. The second-order valence-corrected chi connectivity index (χ2v) is 4.41. The van der Waals surface area contributed by atoms with Crippen LogP contribution in [0.2, 0.25) is 0 Å². The second-order valence-electron chi connectivity index (χ2n) is 4.41. The van der Waals surface area contributed by atoms with Gasteiger partial charge in [-0.1, -0.05) is 0 Å². The van der Waals surface area contributed by atoms with E-state index >= 15 is 0 Å². The molecular weight excluding hydrogens is 273 g/mol. The van der Waals surface area contributed by atoms with E-state index in [1.807, 2.05) is 6.92 Å². The molecule has 3 aromatic rings. The molecule has 0 N–H and O–H groups in total. The Kier molecular flexibility index (Phi) is 3.35. The fraction of sp³-hybridized carbons (Fsp3) is 0.133. The SMILES string of the molecule is CCOc1ccc(-c2nc3ccc(F)cn3c2N=O)cc1. The molecule has 0 saturated carbocycles. The van der Waals surface area contributed by atoms with Crippen LogP contribution in [0, 0.1) is 10.7 Å². The Labute approximate surface area is 120 Å². The number of benzene rings is 1. The van der Waals surface area contributed by atoms with Gasteiger partial charge in [0.1, 0.15) is 22.9 Å². The third-order valence-corrected chi connectivity index (χ3v) is 3.08. The van der Waals surface area contributed by atoms with E-state index in [4.69, 9.17) is 4.74 Å². The van der Waals surface area contributed by atoms with E-state index < -0.39 is 5.82 Å². The van der Waals surface area contributed by atoms with E-state index in [2.05, 4.69) is 10.2 Å². The third kappa shape index (κ3) is 2.35. The average Bonchev–Trinajstić information content (AvgIpc) is 2.86. The summed E-state index contributed by atoms with van der Waals surface area (Å²) in [4.78, 5) is 15.4. The molecule has 0 radical (unpaired) electrons. The molecule has 2 aromatic heterocycles. The summed E-state index contributed by atoms with van der Waals surface area (Å²) in [6.45, 7) is 2.48. The van der Waals surface area contributed by atoms with Gasteiger partial charge in [0, 0.05) is 11.8 Å². The van der Waals surface area contributed by atoms with Crippen LogP contribution in [0.1, 0.15) is 6.92 Å². The highest BCUT2D eigenvalue weighted by Crippen LogP contribution is 2.31. The molecular formula is C15H12FN3O2. The van der Waals surface area contributed by atoms with Crippen LogP contribution in [0.5, 0.6) is 5.75 Å². The van der Waals surface area contributed by atoms with Gasteiger partial charge in [-0.15, -0.1) is 4.91 Å². The number of nitrogens with zero attached hydrogens (tertiary/aromatic N) is 3. The first-order valence-corrected chi connectivity index (χ1v) is 6.47. The van der Waals surface area contributed by atoms with Crippen molar-refractivity contribution in [1.82, 2.24) is 9.38 Å². The van der Waals surface area contributed by atoms with Gasteiger partial charge in [-0.3, -0.25) is 4.40 Å². The van der Waals surface area contributed by atoms with Crippen LogP contribution in [0.3, 0.4) is 0 Å². The Hall–Kier alpha value is -2.76. The van der Waals surface area contributed by atoms with Gasteiger partial charge in [-0.25, -0.2) is 9.37 Å². The van der Waals surface area contributed by atoms with Crippen molar-refractivity contribution in [1.29, 1.82) is 0 Å². The summed E-state index contributed by atoms with van der Waals surface area (Å²) in [5, 5.41) is 2.99. The molecule has 0 fully saturated rings. The summed E-state index contributed by atoms with van der Waals surface area (Å²) in [6.07, 6.45) is 1.19. The molecule has 21 heavy (non-hydrogen) atoms. The van der Waals surface area contributed by atoms with E-state index in [1.54, 1.807) is 24.3 Å². The summed E-state index contributed by atoms with van der Waals surface area (Å²) < 4.78 is 20.0. The lowest BCUT2D eigenvalue weighted by Gasteiger charge is -2.03. The standard InChI is InChI=1S/C15H12FN3O2/c1-2-21-12-6-3-10(4-7-12)14-15(18-20)19-9-11(16)5-8-13(19)17-14/h3-9H,2H2,1H3. The number of hydrogen-bond donors (Lipinski definition) is 0. The molecule has 0 atom stereocenters. The molecule has 0 aliphatic heterocycles. The number of pyridine rings is 1. The Morgan fingerprint density at radius 3 is 2.67 bits per heavy atom. The second kappa shape index (κ2) is 5.32. The maximum atomic E-state index is 13.3. The molecule has 3 rings (SSSR count). The van der Waals surface area contributed by atoms with Crippen LogP contribution in [0.25, 0.3) is 16.9 Å². The average molecular weight is 285 g/mol. The van der Waals surface area contributed by atoms with Crippen LogP contribution < -0.4 is 4.74 Å². The summed E-state index contributed by atoms with van der Waals surface area (Å²) in [7, 11) is 0. The lowest BCUT2D eigenvalue weighted by molar-refractivity contribution is 0.340. The highest BCUT2D eigenvalue weighted by molar-refractivity contribution is 5.74. The van der Waals surface area contributed by atoms with Crippen molar-refractivity contribution in [2.75, 3.05) is 6.61 Å². The van der Waals surface area contributed by atoms with Crippen molar-refractivity contribution in [2.45, 2.75) is 6.92 Å². The van der Waals surface area contributed by atoms with Crippen molar-refractivity contribution in [3.63, 3.8) is 0 Å². The van der Waals surface area contributed by atoms with Gasteiger partial charge in [-0.2, -0.15) is 0 Å². The van der Waals surface area contributed by atoms with Gasteiger partial charge >= 0.3 is 0 Å². The first kappa shape index (κ1) is 13.2. The summed E-state index contributed by atoms with van der Waals surface area (Å²) in [6, 6.07) is 9.95.